The van der Waals surface area contributed by atoms with E-state index in [9.17, 15) is 0 Å². The highest BCUT2D eigenvalue weighted by molar-refractivity contribution is 5.54. The Bertz CT molecular complexity index is 420. The lowest BCUT2D eigenvalue weighted by Crippen LogP contribution is -2.46. The molecule has 1 aliphatic rings. The summed E-state index contributed by atoms with van der Waals surface area (Å²) in [6, 6.07) is 9.50. The quantitative estimate of drug-likeness (QED) is 0.900. The molecule has 0 aromatic heterocycles. The van der Waals surface area contributed by atoms with Crippen molar-refractivity contribution in [1.29, 1.82) is 0 Å². The summed E-state index contributed by atoms with van der Waals surface area (Å²) in [4.78, 5) is 2.60. The molecule has 1 fully saturated rings. The summed E-state index contributed by atoms with van der Waals surface area (Å²) in [7, 11) is 0. The molecule has 0 spiro atoms. The summed E-state index contributed by atoms with van der Waals surface area (Å²) in [5.74, 6) is 0. The highest BCUT2D eigenvalue weighted by Crippen LogP contribution is 2.27. The first-order chi connectivity index (χ1) is 9.52. The molecule has 0 saturated carbocycles. The molecule has 1 N–H and O–H groups in total. The molecule has 1 aromatic rings. The number of rotatable bonds is 3. The molecule has 0 bridgehead atoms. The largest absolute Gasteiger partial charge is 0.370 e. The van der Waals surface area contributed by atoms with E-state index in [1.54, 1.807) is 0 Å². The zero-order valence-corrected chi connectivity index (χ0v) is 13.6. The van der Waals surface area contributed by atoms with Crippen molar-refractivity contribution >= 4 is 5.69 Å². The normalized spacial score (nSPS) is 20.8. The molecule has 1 saturated heterocycles. The van der Waals surface area contributed by atoms with Crippen molar-refractivity contribution < 1.29 is 0 Å². The lowest BCUT2D eigenvalue weighted by molar-refractivity contribution is 0.280. The van der Waals surface area contributed by atoms with Crippen LogP contribution in [-0.4, -0.2) is 25.7 Å². The van der Waals surface area contributed by atoms with Crippen LogP contribution in [0.15, 0.2) is 24.3 Å². The van der Waals surface area contributed by atoms with Gasteiger partial charge in [0.25, 0.3) is 0 Å². The molecule has 112 valence electrons. The third kappa shape index (κ3) is 3.76. The Balaban J connectivity index is 2.22. The lowest BCUT2D eigenvalue weighted by Gasteiger charge is -2.35. The van der Waals surface area contributed by atoms with Gasteiger partial charge < -0.3 is 10.2 Å². The molecular weight excluding hydrogens is 244 g/mol. The van der Waals surface area contributed by atoms with E-state index in [2.05, 4.69) is 62.2 Å². The smallest absolute Gasteiger partial charge is 0.0399 e. The van der Waals surface area contributed by atoms with Crippen LogP contribution in [0.3, 0.4) is 0 Å². The second-order valence-corrected chi connectivity index (χ2v) is 7.05. The SMILES string of the molecule is CCCc1ccccc1N1CCCNC(C(C)(C)C)C1. The first kappa shape index (κ1) is 15.4. The summed E-state index contributed by atoms with van der Waals surface area (Å²) in [6.45, 7) is 12.7. The molecular formula is C18H30N2. The van der Waals surface area contributed by atoms with E-state index in [4.69, 9.17) is 0 Å². The predicted octanol–water partition coefficient (Wildman–Crippen LogP) is 3.85. The van der Waals surface area contributed by atoms with E-state index in [-0.39, 0.29) is 0 Å². The summed E-state index contributed by atoms with van der Waals surface area (Å²) in [6.07, 6.45) is 3.62. The standard InChI is InChI=1S/C18H30N2/c1-5-9-15-10-6-7-11-16(15)20-13-8-12-19-17(14-20)18(2,3)4/h6-7,10-11,17,19H,5,8-9,12-14H2,1-4H3. The van der Waals surface area contributed by atoms with Crippen LogP contribution in [0.5, 0.6) is 0 Å². The number of nitrogens with one attached hydrogen (secondary N) is 1. The Labute approximate surface area is 124 Å². The number of hydrogen-bond acceptors (Lipinski definition) is 2. The van der Waals surface area contributed by atoms with Crippen molar-refractivity contribution in [3.8, 4) is 0 Å². The van der Waals surface area contributed by atoms with E-state index in [1.807, 2.05) is 0 Å². The van der Waals surface area contributed by atoms with Crippen LogP contribution >= 0.6 is 0 Å². The first-order valence-corrected chi connectivity index (χ1v) is 8.08. The van der Waals surface area contributed by atoms with Crippen LogP contribution in [0.25, 0.3) is 0 Å². The molecule has 1 aliphatic heterocycles. The average molecular weight is 274 g/mol. The monoisotopic (exact) mass is 274 g/mol. The van der Waals surface area contributed by atoms with Gasteiger partial charge in [-0.05, 0) is 36.4 Å². The fourth-order valence-electron chi connectivity index (χ4n) is 3.02. The summed E-state index contributed by atoms with van der Waals surface area (Å²) in [5, 5.41) is 3.73. The molecule has 1 atom stereocenters. The molecule has 0 amide bonds. The number of benzene rings is 1. The van der Waals surface area contributed by atoms with E-state index >= 15 is 0 Å². The second kappa shape index (κ2) is 6.62. The molecule has 2 rings (SSSR count). The van der Waals surface area contributed by atoms with Gasteiger partial charge in [0.1, 0.15) is 0 Å². The van der Waals surface area contributed by atoms with E-state index < -0.39 is 0 Å². The van der Waals surface area contributed by atoms with Crippen molar-refractivity contribution in [2.75, 3.05) is 24.5 Å². The number of aryl methyl sites for hydroxylation is 1. The zero-order chi connectivity index (χ0) is 14.6. The maximum absolute atomic E-state index is 3.73. The second-order valence-electron chi connectivity index (χ2n) is 7.05. The van der Waals surface area contributed by atoms with Gasteiger partial charge in [-0.15, -0.1) is 0 Å². The van der Waals surface area contributed by atoms with Gasteiger partial charge in [-0.25, -0.2) is 0 Å². The van der Waals surface area contributed by atoms with E-state index in [1.165, 1.54) is 37.1 Å². The maximum atomic E-state index is 3.73. The van der Waals surface area contributed by atoms with Gasteiger partial charge >= 0.3 is 0 Å². The number of nitrogens with zero attached hydrogens (tertiary/aromatic N) is 1. The third-order valence-corrected chi connectivity index (χ3v) is 4.30. The Kier molecular flexibility index (Phi) is 5.09. The molecule has 2 heteroatoms. The summed E-state index contributed by atoms with van der Waals surface area (Å²) < 4.78 is 0. The summed E-state index contributed by atoms with van der Waals surface area (Å²) >= 11 is 0. The van der Waals surface area contributed by atoms with Gasteiger partial charge in [-0.3, -0.25) is 0 Å². The van der Waals surface area contributed by atoms with Crippen LogP contribution in [0.1, 0.15) is 46.1 Å². The summed E-state index contributed by atoms with van der Waals surface area (Å²) in [5.41, 5.74) is 3.26. The van der Waals surface area contributed by atoms with Crippen molar-refractivity contribution in [3.05, 3.63) is 29.8 Å². The van der Waals surface area contributed by atoms with Crippen molar-refractivity contribution in [2.45, 2.75) is 53.0 Å². The van der Waals surface area contributed by atoms with Crippen molar-refractivity contribution in [2.24, 2.45) is 5.41 Å². The van der Waals surface area contributed by atoms with Gasteiger partial charge in [-0.2, -0.15) is 0 Å². The Morgan fingerprint density at radius 1 is 1.25 bits per heavy atom. The van der Waals surface area contributed by atoms with Crippen LogP contribution in [0, 0.1) is 5.41 Å². The molecule has 1 aromatic carbocycles. The number of hydrogen-bond donors (Lipinski definition) is 1. The van der Waals surface area contributed by atoms with E-state index in [0.29, 0.717) is 11.5 Å². The average Bonchev–Trinajstić information content (AvgIpc) is 2.65. The van der Waals surface area contributed by atoms with Gasteiger partial charge in [-0.1, -0.05) is 52.3 Å². The Morgan fingerprint density at radius 3 is 2.70 bits per heavy atom. The minimum atomic E-state index is 0.308. The molecule has 0 radical (unpaired) electrons. The van der Waals surface area contributed by atoms with Gasteiger partial charge in [0.15, 0.2) is 0 Å². The lowest BCUT2D eigenvalue weighted by atomic mass is 9.86. The van der Waals surface area contributed by atoms with Gasteiger partial charge in [0.05, 0.1) is 0 Å². The topological polar surface area (TPSA) is 15.3 Å². The molecule has 2 nitrogen and oxygen atoms in total. The first-order valence-electron chi connectivity index (χ1n) is 8.08. The minimum Gasteiger partial charge on any atom is -0.370 e. The molecule has 1 heterocycles. The van der Waals surface area contributed by atoms with Crippen LogP contribution < -0.4 is 10.2 Å². The van der Waals surface area contributed by atoms with Crippen LogP contribution in [0.4, 0.5) is 5.69 Å². The highest BCUT2D eigenvalue weighted by atomic mass is 15.2. The van der Waals surface area contributed by atoms with Crippen LogP contribution in [0.2, 0.25) is 0 Å². The molecule has 1 unspecified atom stereocenters. The van der Waals surface area contributed by atoms with Crippen molar-refractivity contribution in [1.82, 2.24) is 5.32 Å². The zero-order valence-electron chi connectivity index (χ0n) is 13.6. The Hall–Kier alpha value is -1.02. The van der Waals surface area contributed by atoms with Gasteiger partial charge in [0.2, 0.25) is 0 Å². The number of para-hydroxylation sites is 1. The molecule has 20 heavy (non-hydrogen) atoms. The fraction of sp³-hybridized carbons (Fsp3) is 0.667. The van der Waals surface area contributed by atoms with Gasteiger partial charge in [0, 0.05) is 24.8 Å². The fourth-order valence-corrected chi connectivity index (χ4v) is 3.02. The third-order valence-electron chi connectivity index (χ3n) is 4.30. The Morgan fingerprint density at radius 2 is 2.00 bits per heavy atom. The van der Waals surface area contributed by atoms with Crippen LogP contribution in [-0.2, 0) is 6.42 Å². The highest BCUT2D eigenvalue weighted by Gasteiger charge is 2.28. The maximum Gasteiger partial charge on any atom is 0.0399 e. The van der Waals surface area contributed by atoms with Crippen molar-refractivity contribution in [3.63, 3.8) is 0 Å². The van der Waals surface area contributed by atoms with E-state index in [0.717, 1.165) is 13.1 Å². The number of anilines is 1. The molecule has 0 aliphatic carbocycles. The predicted molar refractivity (Wildman–Crippen MR) is 88.5 cm³/mol. The minimum absolute atomic E-state index is 0.308.